The van der Waals surface area contributed by atoms with Gasteiger partial charge in [0.15, 0.2) is 0 Å². The topological polar surface area (TPSA) is 47.6 Å². The zero-order valence-corrected chi connectivity index (χ0v) is 6.72. The third-order valence-corrected chi connectivity index (χ3v) is 1.52. The molecule has 0 saturated heterocycles. The quantitative estimate of drug-likeness (QED) is 0.546. The van der Waals surface area contributed by atoms with Crippen LogP contribution in [-0.4, -0.2) is 17.7 Å². The fourth-order valence-corrected chi connectivity index (χ4v) is 1.33. The zero-order chi connectivity index (χ0) is 7.78. The number of hydrogen-bond donors (Lipinski definition) is 1. The Bertz CT molecular complexity index is 163. The molecular weight excluding hydrogens is 128 g/mol. The minimum Gasteiger partial charge on any atom is -0.459 e. The SMILES string of the molecule is C[C@H]1CC(C)(C)OC(N)=N1. The molecule has 58 valence electrons. The molecule has 0 aliphatic carbocycles. The van der Waals surface area contributed by atoms with E-state index in [1.165, 1.54) is 0 Å². The molecule has 0 fully saturated rings. The van der Waals surface area contributed by atoms with Crippen molar-refractivity contribution in [3.05, 3.63) is 0 Å². The summed E-state index contributed by atoms with van der Waals surface area (Å²) < 4.78 is 5.27. The van der Waals surface area contributed by atoms with Crippen LogP contribution in [0, 0.1) is 0 Å². The Balaban J connectivity index is 2.70. The van der Waals surface area contributed by atoms with Crippen LogP contribution in [-0.2, 0) is 4.74 Å². The summed E-state index contributed by atoms with van der Waals surface area (Å²) >= 11 is 0. The summed E-state index contributed by atoms with van der Waals surface area (Å²) in [6.45, 7) is 6.08. The highest BCUT2D eigenvalue weighted by Gasteiger charge is 2.27. The fraction of sp³-hybridized carbons (Fsp3) is 0.857. The Morgan fingerprint density at radius 3 is 2.70 bits per heavy atom. The summed E-state index contributed by atoms with van der Waals surface area (Å²) in [5.41, 5.74) is 5.29. The number of rotatable bonds is 0. The number of nitrogens with zero attached hydrogens (tertiary/aromatic N) is 1. The number of nitrogens with two attached hydrogens (primary N) is 1. The number of hydrogen-bond acceptors (Lipinski definition) is 3. The smallest absolute Gasteiger partial charge is 0.282 e. The largest absolute Gasteiger partial charge is 0.459 e. The first-order chi connectivity index (χ1) is 4.49. The molecule has 1 atom stereocenters. The van der Waals surface area contributed by atoms with E-state index in [2.05, 4.69) is 4.99 Å². The molecule has 0 bridgehead atoms. The van der Waals surface area contributed by atoms with Gasteiger partial charge in [0, 0.05) is 6.42 Å². The molecule has 1 aliphatic heterocycles. The van der Waals surface area contributed by atoms with E-state index in [0.29, 0.717) is 12.1 Å². The van der Waals surface area contributed by atoms with Gasteiger partial charge >= 0.3 is 0 Å². The predicted octanol–water partition coefficient (Wildman–Crippen LogP) is 0.888. The predicted molar refractivity (Wildman–Crippen MR) is 40.9 cm³/mol. The second kappa shape index (κ2) is 2.15. The van der Waals surface area contributed by atoms with E-state index in [0.717, 1.165) is 6.42 Å². The molecular formula is C7H14N2O. The standard InChI is InChI=1S/C7H14N2O/c1-5-4-7(2,3)10-6(8)9-5/h5H,4H2,1-3H3,(H2,8,9)/t5-/m0/s1. The minimum absolute atomic E-state index is 0.134. The molecule has 0 amide bonds. The van der Waals surface area contributed by atoms with Crippen LogP contribution >= 0.6 is 0 Å². The molecule has 1 rings (SSSR count). The van der Waals surface area contributed by atoms with Crippen LogP contribution in [0.15, 0.2) is 4.99 Å². The molecule has 3 heteroatoms. The first-order valence-electron chi connectivity index (χ1n) is 3.52. The highest BCUT2D eigenvalue weighted by Crippen LogP contribution is 2.22. The molecule has 0 unspecified atom stereocenters. The Morgan fingerprint density at radius 2 is 2.30 bits per heavy atom. The molecule has 0 saturated carbocycles. The molecule has 1 heterocycles. The van der Waals surface area contributed by atoms with Crippen LogP contribution in [0.25, 0.3) is 0 Å². The Labute approximate surface area is 61.3 Å². The van der Waals surface area contributed by atoms with E-state index in [1.807, 2.05) is 20.8 Å². The van der Waals surface area contributed by atoms with Gasteiger partial charge in [-0.25, -0.2) is 4.99 Å². The molecule has 10 heavy (non-hydrogen) atoms. The molecule has 0 aromatic rings. The van der Waals surface area contributed by atoms with Crippen LogP contribution in [0.4, 0.5) is 0 Å². The molecule has 0 aromatic carbocycles. The highest BCUT2D eigenvalue weighted by atomic mass is 16.5. The van der Waals surface area contributed by atoms with Gasteiger partial charge in [-0.2, -0.15) is 0 Å². The van der Waals surface area contributed by atoms with Crippen LogP contribution < -0.4 is 5.73 Å². The molecule has 0 spiro atoms. The maximum absolute atomic E-state index is 5.43. The molecule has 0 aromatic heterocycles. The van der Waals surface area contributed by atoms with Gasteiger partial charge in [-0.3, -0.25) is 0 Å². The Hall–Kier alpha value is -0.730. The van der Waals surface area contributed by atoms with Gasteiger partial charge in [0.2, 0.25) is 0 Å². The summed E-state index contributed by atoms with van der Waals surface area (Å²) in [6, 6.07) is 0.618. The lowest BCUT2D eigenvalue weighted by atomic mass is 9.99. The first-order valence-corrected chi connectivity index (χ1v) is 3.52. The average Bonchev–Trinajstić information content (AvgIpc) is 1.54. The normalized spacial score (nSPS) is 30.7. The summed E-state index contributed by atoms with van der Waals surface area (Å²) in [5, 5.41) is 0. The second-order valence-electron chi connectivity index (χ2n) is 3.38. The number of ether oxygens (including phenoxy) is 1. The van der Waals surface area contributed by atoms with Gasteiger partial charge in [0.25, 0.3) is 6.02 Å². The van der Waals surface area contributed by atoms with E-state index < -0.39 is 0 Å². The van der Waals surface area contributed by atoms with E-state index in [4.69, 9.17) is 10.5 Å². The maximum atomic E-state index is 5.43. The third-order valence-electron chi connectivity index (χ3n) is 1.52. The summed E-state index contributed by atoms with van der Waals surface area (Å²) in [7, 11) is 0. The van der Waals surface area contributed by atoms with E-state index >= 15 is 0 Å². The fourth-order valence-electron chi connectivity index (χ4n) is 1.33. The highest BCUT2D eigenvalue weighted by molar-refractivity contribution is 5.72. The van der Waals surface area contributed by atoms with Crippen LogP contribution in [0.5, 0.6) is 0 Å². The summed E-state index contributed by atoms with van der Waals surface area (Å²) in [6.07, 6.45) is 0.938. The lowest BCUT2D eigenvalue weighted by Gasteiger charge is -2.31. The van der Waals surface area contributed by atoms with Crippen molar-refractivity contribution in [1.82, 2.24) is 0 Å². The molecule has 2 N–H and O–H groups in total. The van der Waals surface area contributed by atoms with Gasteiger partial charge < -0.3 is 10.5 Å². The van der Waals surface area contributed by atoms with Crippen molar-refractivity contribution in [3.63, 3.8) is 0 Å². The minimum atomic E-state index is -0.134. The van der Waals surface area contributed by atoms with Crippen molar-refractivity contribution >= 4 is 6.02 Å². The monoisotopic (exact) mass is 142 g/mol. The lowest BCUT2D eigenvalue weighted by molar-refractivity contribution is 0.0624. The summed E-state index contributed by atoms with van der Waals surface area (Å²) in [4.78, 5) is 4.05. The van der Waals surface area contributed by atoms with Gasteiger partial charge in [0.05, 0.1) is 6.04 Å². The Kier molecular flexibility index (Phi) is 1.58. The van der Waals surface area contributed by atoms with E-state index in [-0.39, 0.29) is 5.60 Å². The van der Waals surface area contributed by atoms with Crippen molar-refractivity contribution in [3.8, 4) is 0 Å². The van der Waals surface area contributed by atoms with Crippen molar-refractivity contribution in [2.75, 3.05) is 0 Å². The van der Waals surface area contributed by atoms with Crippen LogP contribution in [0.3, 0.4) is 0 Å². The molecule has 0 radical (unpaired) electrons. The van der Waals surface area contributed by atoms with Gasteiger partial charge in [-0.05, 0) is 20.8 Å². The van der Waals surface area contributed by atoms with Gasteiger partial charge in [-0.15, -0.1) is 0 Å². The van der Waals surface area contributed by atoms with Crippen molar-refractivity contribution in [2.24, 2.45) is 10.7 Å². The zero-order valence-electron chi connectivity index (χ0n) is 6.72. The number of aliphatic imine (C=N–C) groups is 1. The van der Waals surface area contributed by atoms with E-state index in [1.54, 1.807) is 0 Å². The molecule has 3 nitrogen and oxygen atoms in total. The second-order valence-corrected chi connectivity index (χ2v) is 3.38. The van der Waals surface area contributed by atoms with E-state index in [9.17, 15) is 0 Å². The van der Waals surface area contributed by atoms with Gasteiger partial charge in [0.1, 0.15) is 5.60 Å². The maximum Gasteiger partial charge on any atom is 0.282 e. The van der Waals surface area contributed by atoms with Crippen LogP contribution in [0.2, 0.25) is 0 Å². The molecule has 1 aliphatic rings. The third kappa shape index (κ3) is 1.62. The lowest BCUT2D eigenvalue weighted by Crippen LogP contribution is -2.39. The average molecular weight is 142 g/mol. The van der Waals surface area contributed by atoms with Crippen molar-refractivity contribution < 1.29 is 4.74 Å². The first kappa shape index (κ1) is 7.38. The van der Waals surface area contributed by atoms with Gasteiger partial charge in [-0.1, -0.05) is 0 Å². The van der Waals surface area contributed by atoms with Crippen molar-refractivity contribution in [1.29, 1.82) is 0 Å². The summed E-state index contributed by atoms with van der Waals surface area (Å²) in [5.74, 6) is 0. The number of amidine groups is 1. The van der Waals surface area contributed by atoms with Crippen molar-refractivity contribution in [2.45, 2.75) is 38.8 Å². The van der Waals surface area contributed by atoms with Crippen LogP contribution in [0.1, 0.15) is 27.2 Å². The Morgan fingerprint density at radius 1 is 1.70 bits per heavy atom.